The van der Waals surface area contributed by atoms with Gasteiger partial charge in [0.25, 0.3) is 0 Å². The van der Waals surface area contributed by atoms with Gasteiger partial charge in [0.1, 0.15) is 0 Å². The van der Waals surface area contributed by atoms with Crippen molar-refractivity contribution in [2.45, 2.75) is 54.4 Å². The average Bonchev–Trinajstić information content (AvgIpc) is 2.22. The SMILES string of the molecule is C=CC.CC.CC/C(=C\S)S(C)(=O)=O.CCC. The zero-order valence-corrected chi connectivity index (χ0v) is 14.2. The minimum Gasteiger partial charge on any atom is -0.224 e. The Hall–Kier alpha value is -0.220. The molecule has 0 rings (SSSR count). The first kappa shape index (κ1) is 25.6. The lowest BCUT2D eigenvalue weighted by molar-refractivity contribution is 0.606. The van der Waals surface area contributed by atoms with E-state index < -0.39 is 9.84 Å². The molecule has 0 radical (unpaired) electrons. The highest BCUT2D eigenvalue weighted by molar-refractivity contribution is 7.95. The van der Waals surface area contributed by atoms with Crippen molar-refractivity contribution in [1.29, 1.82) is 0 Å². The zero-order chi connectivity index (χ0) is 14.9. The second kappa shape index (κ2) is 21.1. The maximum atomic E-state index is 10.7. The van der Waals surface area contributed by atoms with Gasteiger partial charge in [-0.15, -0.1) is 6.58 Å². The maximum absolute atomic E-state index is 10.7. The van der Waals surface area contributed by atoms with Crippen LogP contribution in [0.15, 0.2) is 23.0 Å². The molecule has 17 heavy (non-hydrogen) atoms. The van der Waals surface area contributed by atoms with Gasteiger partial charge in [-0.25, -0.2) is 8.42 Å². The third kappa shape index (κ3) is 31.3. The van der Waals surface area contributed by atoms with Crippen LogP contribution in [0.25, 0.3) is 0 Å². The van der Waals surface area contributed by atoms with E-state index in [1.807, 2.05) is 20.8 Å². The molecule has 2 nitrogen and oxygen atoms in total. The molecule has 0 heterocycles. The molecule has 4 heteroatoms. The van der Waals surface area contributed by atoms with Crippen molar-refractivity contribution >= 4 is 22.5 Å². The Labute approximate surface area is 115 Å². The molecule has 0 spiro atoms. The van der Waals surface area contributed by atoms with E-state index in [9.17, 15) is 8.42 Å². The summed E-state index contributed by atoms with van der Waals surface area (Å²) in [5.74, 6) is 0. The van der Waals surface area contributed by atoms with Crippen molar-refractivity contribution in [2.75, 3.05) is 6.26 Å². The molecule has 0 aromatic heterocycles. The maximum Gasteiger partial charge on any atom is 0.172 e. The van der Waals surface area contributed by atoms with Crippen LogP contribution in [0.5, 0.6) is 0 Å². The van der Waals surface area contributed by atoms with Crippen molar-refractivity contribution in [3.63, 3.8) is 0 Å². The van der Waals surface area contributed by atoms with Crippen LogP contribution in [0.3, 0.4) is 0 Å². The second-order valence-electron chi connectivity index (χ2n) is 2.84. The molecule has 0 fully saturated rings. The summed E-state index contributed by atoms with van der Waals surface area (Å²) < 4.78 is 21.4. The molecule has 0 aliphatic carbocycles. The molecule has 0 aromatic rings. The van der Waals surface area contributed by atoms with E-state index in [2.05, 4.69) is 33.1 Å². The lowest BCUT2D eigenvalue weighted by atomic mass is 10.5. The Kier molecular flexibility index (Phi) is 31.8. The smallest absolute Gasteiger partial charge is 0.172 e. The Balaban J connectivity index is -0.0000000879. The van der Waals surface area contributed by atoms with Gasteiger partial charge in [0, 0.05) is 11.2 Å². The monoisotopic (exact) mass is 282 g/mol. The zero-order valence-electron chi connectivity index (χ0n) is 12.4. The minimum atomic E-state index is -2.98. The van der Waals surface area contributed by atoms with E-state index in [1.165, 1.54) is 18.1 Å². The van der Waals surface area contributed by atoms with Crippen LogP contribution in [0.2, 0.25) is 0 Å². The van der Waals surface area contributed by atoms with Gasteiger partial charge >= 0.3 is 0 Å². The van der Waals surface area contributed by atoms with Crippen LogP contribution < -0.4 is 0 Å². The Bertz CT molecular complexity index is 253. The largest absolute Gasteiger partial charge is 0.224 e. The molecular formula is C13H30O2S2. The highest BCUT2D eigenvalue weighted by atomic mass is 32.2. The van der Waals surface area contributed by atoms with E-state index >= 15 is 0 Å². The van der Waals surface area contributed by atoms with Crippen LogP contribution in [0, 0.1) is 0 Å². The summed E-state index contributed by atoms with van der Waals surface area (Å²) >= 11 is 3.75. The summed E-state index contributed by atoms with van der Waals surface area (Å²) in [5, 5.41) is 1.33. The number of sulfone groups is 1. The average molecular weight is 283 g/mol. The quantitative estimate of drug-likeness (QED) is 0.580. The van der Waals surface area contributed by atoms with Crippen molar-refractivity contribution in [1.82, 2.24) is 0 Å². The normalized spacial score (nSPS) is 9.53. The van der Waals surface area contributed by atoms with E-state index in [0.717, 1.165) is 0 Å². The predicted octanol–water partition coefficient (Wildman–Crippen LogP) is 4.85. The first-order chi connectivity index (χ1) is 7.85. The number of hydrogen-bond acceptors (Lipinski definition) is 3. The molecular weight excluding hydrogens is 252 g/mol. The number of rotatable bonds is 2. The standard InChI is InChI=1S/C5H10O2S2.C3H8.C3H6.C2H6/c1-3-5(4-8)9(2,6)7;2*1-3-2;1-2/h4,8H,3H2,1-2H3;3H2,1-2H3;3H,1H2,2H3;1-2H3/b5-4+;;;. The summed E-state index contributed by atoms with van der Waals surface area (Å²) in [6.45, 7) is 15.3. The van der Waals surface area contributed by atoms with E-state index in [-0.39, 0.29) is 0 Å². The fourth-order valence-corrected chi connectivity index (χ4v) is 1.92. The van der Waals surface area contributed by atoms with E-state index in [1.54, 1.807) is 13.0 Å². The van der Waals surface area contributed by atoms with Crippen molar-refractivity contribution in [3.05, 3.63) is 23.0 Å². The number of hydrogen-bond donors (Lipinski definition) is 1. The van der Waals surface area contributed by atoms with Crippen molar-refractivity contribution in [2.24, 2.45) is 0 Å². The molecule has 0 aliphatic rings. The number of allylic oxidation sites excluding steroid dienone is 2. The van der Waals surface area contributed by atoms with Crippen LogP contribution >= 0.6 is 12.6 Å². The Morgan fingerprint density at radius 3 is 1.47 bits per heavy atom. The fourth-order valence-electron chi connectivity index (χ4n) is 0.449. The summed E-state index contributed by atoms with van der Waals surface area (Å²) in [7, 11) is -2.98. The molecule has 0 atom stereocenters. The molecule has 0 saturated carbocycles. The van der Waals surface area contributed by atoms with E-state index in [4.69, 9.17) is 0 Å². The summed E-state index contributed by atoms with van der Waals surface area (Å²) in [6.07, 6.45) is 4.70. The lowest BCUT2D eigenvalue weighted by Crippen LogP contribution is -1.98. The molecule has 0 aliphatic heterocycles. The lowest BCUT2D eigenvalue weighted by Gasteiger charge is -1.96. The van der Waals surface area contributed by atoms with Gasteiger partial charge in [-0.2, -0.15) is 12.6 Å². The van der Waals surface area contributed by atoms with Gasteiger partial charge in [-0.1, -0.05) is 47.1 Å². The molecule has 0 amide bonds. The predicted molar refractivity (Wildman–Crippen MR) is 85.4 cm³/mol. The third-order valence-corrected chi connectivity index (χ3v) is 2.81. The molecule has 0 aromatic carbocycles. The highest BCUT2D eigenvalue weighted by Crippen LogP contribution is 2.08. The topological polar surface area (TPSA) is 34.1 Å². The van der Waals surface area contributed by atoms with Gasteiger partial charge in [0.2, 0.25) is 0 Å². The van der Waals surface area contributed by atoms with Crippen LogP contribution in [-0.2, 0) is 9.84 Å². The second-order valence-corrected chi connectivity index (χ2v) is 5.16. The first-order valence-electron chi connectivity index (χ1n) is 5.95. The van der Waals surface area contributed by atoms with Gasteiger partial charge in [-0.3, -0.25) is 0 Å². The first-order valence-corrected chi connectivity index (χ1v) is 8.36. The molecule has 0 bridgehead atoms. The van der Waals surface area contributed by atoms with Gasteiger partial charge in [0.05, 0.1) is 0 Å². The Morgan fingerprint density at radius 2 is 1.47 bits per heavy atom. The van der Waals surface area contributed by atoms with Gasteiger partial charge in [0.15, 0.2) is 9.84 Å². The summed E-state index contributed by atoms with van der Waals surface area (Å²) in [5.41, 5.74) is 0. The fraction of sp³-hybridized carbons (Fsp3) is 0.692. The summed E-state index contributed by atoms with van der Waals surface area (Å²) in [4.78, 5) is 0.380. The van der Waals surface area contributed by atoms with Crippen LogP contribution in [-0.4, -0.2) is 14.7 Å². The van der Waals surface area contributed by atoms with Gasteiger partial charge in [-0.05, 0) is 18.8 Å². The van der Waals surface area contributed by atoms with Crippen molar-refractivity contribution < 1.29 is 8.42 Å². The van der Waals surface area contributed by atoms with Crippen LogP contribution in [0.1, 0.15) is 54.4 Å². The third-order valence-electron chi connectivity index (χ3n) is 0.969. The van der Waals surface area contributed by atoms with Crippen LogP contribution in [0.4, 0.5) is 0 Å². The highest BCUT2D eigenvalue weighted by Gasteiger charge is 2.05. The minimum absolute atomic E-state index is 0.380. The molecule has 0 unspecified atom stereocenters. The van der Waals surface area contributed by atoms with Crippen molar-refractivity contribution in [3.8, 4) is 0 Å². The Morgan fingerprint density at radius 1 is 1.24 bits per heavy atom. The van der Waals surface area contributed by atoms with E-state index in [0.29, 0.717) is 11.3 Å². The molecule has 0 saturated heterocycles. The summed E-state index contributed by atoms with van der Waals surface area (Å²) in [6, 6.07) is 0. The molecule has 0 N–H and O–H groups in total. The molecule has 106 valence electrons. The number of thiol groups is 1. The van der Waals surface area contributed by atoms with Gasteiger partial charge < -0.3 is 0 Å².